The number of hydrogen-bond donors (Lipinski definition) is 4. The van der Waals surface area contributed by atoms with Crippen LogP contribution in [0.25, 0.3) is 0 Å². The van der Waals surface area contributed by atoms with Crippen LogP contribution in [0.15, 0.2) is 158 Å². The summed E-state index contributed by atoms with van der Waals surface area (Å²) in [6.07, 6.45) is -25.8. The third kappa shape index (κ3) is 31.2. The summed E-state index contributed by atoms with van der Waals surface area (Å²) in [6, 6.07) is 40.2. The highest BCUT2D eigenvalue weighted by Gasteiger charge is 2.38. The molecule has 2 heterocycles. The first kappa shape index (κ1) is 79.0. The van der Waals surface area contributed by atoms with Crippen LogP contribution in [0.2, 0.25) is 0 Å². The normalized spacial score (nSPS) is 18.8. The number of nitrogens with two attached hydrogens (primary N) is 1. The molecule has 28 heteroatoms. The van der Waals surface area contributed by atoms with Crippen molar-refractivity contribution in [3.63, 3.8) is 0 Å². The zero-order chi connectivity index (χ0) is 73.8. The van der Waals surface area contributed by atoms with Gasteiger partial charge in [0.05, 0.1) is 45.5 Å². The van der Waals surface area contributed by atoms with Gasteiger partial charge in [0.15, 0.2) is 23.1 Å². The fraction of sp³-hybridized carbons (Fsp3) is 0.380. The van der Waals surface area contributed by atoms with Crippen molar-refractivity contribution in [1.29, 1.82) is 0 Å². The average molecular weight is 1420 g/mol. The van der Waals surface area contributed by atoms with E-state index in [1.54, 1.807) is 121 Å². The van der Waals surface area contributed by atoms with Gasteiger partial charge in [0.25, 0.3) is 0 Å². The van der Waals surface area contributed by atoms with Crippen LogP contribution in [-0.2, 0) is 76.9 Å². The minimum absolute atomic E-state index is 0.0292. The molecule has 0 fully saturated rings. The number of nitrogens with one attached hydrogen (secondary N) is 3. The Morgan fingerprint density at radius 1 is 0.495 bits per heavy atom. The van der Waals surface area contributed by atoms with E-state index in [1.165, 1.54) is 0 Å². The van der Waals surface area contributed by atoms with Crippen LogP contribution in [0, 0.1) is 11.8 Å². The van der Waals surface area contributed by atoms with Gasteiger partial charge in [0.1, 0.15) is 35.8 Å². The maximum atomic E-state index is 13.8. The maximum Gasteiger partial charge on any atom is 0.397 e. The highest BCUT2D eigenvalue weighted by Crippen LogP contribution is 2.31. The molecule has 0 saturated carbocycles. The minimum Gasteiger partial charge on any atom is -0.457 e. The Kier molecular flexibility index (Phi) is 30.6. The van der Waals surface area contributed by atoms with E-state index in [4.69, 9.17) is 16.6 Å². The lowest BCUT2D eigenvalue weighted by atomic mass is 9.89. The number of benzene rings is 6. The number of carbonyl (C=O) groups is 8. The van der Waals surface area contributed by atoms with Gasteiger partial charge in [-0.05, 0) is 145 Å². The van der Waals surface area contributed by atoms with Crippen molar-refractivity contribution >= 4 is 57.7 Å². The second-order valence-corrected chi connectivity index (χ2v) is 23.8. The number of ketones is 4. The number of ether oxygens (including phenoxy) is 2. The van der Waals surface area contributed by atoms with Crippen LogP contribution in [0.5, 0.6) is 23.0 Å². The minimum atomic E-state index is -4.83. The molecule has 0 spiro atoms. The molecule has 0 radical (unpaired) electrons. The van der Waals surface area contributed by atoms with E-state index in [1.807, 2.05) is 36.4 Å². The molecule has 0 unspecified atom stereocenters. The van der Waals surface area contributed by atoms with Crippen molar-refractivity contribution < 1.29 is 106 Å². The summed E-state index contributed by atoms with van der Waals surface area (Å²) in [6.45, 7) is 0. The fourth-order valence-electron chi connectivity index (χ4n) is 10.5. The third-order valence-corrected chi connectivity index (χ3v) is 15.4. The maximum absolute atomic E-state index is 13.8. The van der Waals surface area contributed by atoms with Gasteiger partial charge in [-0.1, -0.05) is 109 Å². The molecule has 2 aliphatic rings. The molecule has 8 rings (SSSR count). The Morgan fingerprint density at radius 2 is 0.848 bits per heavy atom. The summed E-state index contributed by atoms with van der Waals surface area (Å²) < 4.78 is 177. The van der Waals surface area contributed by atoms with Gasteiger partial charge in [-0.3, -0.25) is 42.7 Å². The predicted octanol–water partition coefficient (Wildman–Crippen LogP) is 14.4. The molecule has 0 aromatic heterocycles. The van der Waals surface area contributed by atoms with E-state index < -0.39 is 153 Å². The van der Waals surface area contributed by atoms with Crippen LogP contribution in [0.3, 0.4) is 0 Å². The molecule has 8 bridgehead atoms. The number of halogens is 14. The summed E-state index contributed by atoms with van der Waals surface area (Å²) in [5, 5.41) is 6.03. The predicted molar refractivity (Wildman–Crippen MR) is 340 cm³/mol. The van der Waals surface area contributed by atoms with E-state index in [2.05, 4.69) is 27.6 Å². The summed E-state index contributed by atoms with van der Waals surface area (Å²) in [4.78, 5) is 102. The van der Waals surface area contributed by atoms with E-state index in [9.17, 15) is 95.4 Å². The van der Waals surface area contributed by atoms with Gasteiger partial charge in [-0.15, -0.1) is 0 Å². The van der Waals surface area contributed by atoms with Gasteiger partial charge < -0.3 is 31.2 Å². The van der Waals surface area contributed by atoms with Crippen LogP contribution in [-0.4, -0.2) is 102 Å². The zero-order valence-corrected chi connectivity index (χ0v) is 53.7. The van der Waals surface area contributed by atoms with Crippen molar-refractivity contribution in [2.24, 2.45) is 17.6 Å². The highest BCUT2D eigenvalue weighted by molar-refractivity contribution is 6.63. The number of aryl methyl sites for hydroxylation is 2. The number of alkyl halides is 13. The number of rotatable bonds is 15. The summed E-state index contributed by atoms with van der Waals surface area (Å²) in [5.41, 5.74) is 10.4. The van der Waals surface area contributed by atoms with Crippen molar-refractivity contribution in [1.82, 2.24) is 16.0 Å². The van der Waals surface area contributed by atoms with Gasteiger partial charge in [-0.25, -0.2) is 0 Å². The van der Waals surface area contributed by atoms with Gasteiger partial charge in [0, 0.05) is 37.5 Å². The molecule has 6 atom stereocenters. The highest BCUT2D eigenvalue weighted by atomic mass is 35.5. The van der Waals surface area contributed by atoms with Gasteiger partial charge in [-0.2, -0.15) is 52.7 Å². The van der Waals surface area contributed by atoms with Crippen LogP contribution >= 0.6 is 11.6 Å². The Morgan fingerprint density at radius 3 is 1.19 bits per heavy atom. The van der Waals surface area contributed by atoms with E-state index in [-0.39, 0.29) is 44.3 Å². The zero-order valence-electron chi connectivity index (χ0n) is 53.9. The Labute approximate surface area is 568 Å². The molecule has 14 nitrogen and oxygen atoms in total. The topological polar surface area (TPSA) is 217 Å². The van der Waals surface area contributed by atoms with Crippen molar-refractivity contribution in [2.75, 3.05) is 7.15 Å². The number of carbonyl (C=O) groups excluding carboxylic acids is 8. The Bertz CT molecular complexity index is 3670. The lowest BCUT2D eigenvalue weighted by molar-refractivity contribution is -0.155. The average Bonchev–Trinajstić information content (AvgIpc) is 0.847. The van der Waals surface area contributed by atoms with Crippen LogP contribution in [0.1, 0.15) is 99.0 Å². The number of Topliss-reactive ketones (excluding diaryl/α,β-unsaturated/α-hetero) is 4. The first-order valence-electron chi connectivity index (χ1n) is 31.6. The first-order chi connectivity index (χ1) is 47.0. The molecular formula is C71H72ClF13N4O10. The molecule has 3 amide bonds. The van der Waals surface area contributed by atoms with Crippen LogP contribution in [0.4, 0.5) is 57.1 Å². The SMILES string of the molecule is N[C@H]1Cc2cccc(c2)Oc2cccc(c2)C[C@@H](C(=O)CCC(F)(F)F)NC(=O)[C@H](CCc2ccccc2)CC1=O.O=C(CC(F)(F)F)N[C@H]1Cc2cccc(c2)Oc2cccc(c2)C[C@@H](C(=O)CCC(F)(F)F)NC(=O)[C@H](CCc2ccccc2)CC1=O.O=C(Cl)CC(F)(F)F.[2H]CF. The number of hydrogen-bond acceptors (Lipinski definition) is 11. The quantitative estimate of drug-likeness (QED) is 0.0560. The van der Waals surface area contributed by atoms with Crippen molar-refractivity contribution in [3.05, 3.63) is 191 Å². The van der Waals surface area contributed by atoms with Gasteiger partial charge in [0.2, 0.25) is 23.0 Å². The van der Waals surface area contributed by atoms with Crippen LogP contribution < -0.4 is 31.2 Å². The summed E-state index contributed by atoms with van der Waals surface area (Å²) in [7, 11) is -1.00. The van der Waals surface area contributed by atoms with Gasteiger partial charge >= 0.3 is 24.7 Å². The molecule has 6 aromatic carbocycles. The van der Waals surface area contributed by atoms with Crippen molar-refractivity contribution in [2.45, 2.75) is 152 Å². The lowest BCUT2D eigenvalue weighted by Gasteiger charge is -2.25. The molecule has 6 aromatic rings. The lowest BCUT2D eigenvalue weighted by Crippen LogP contribution is -2.48. The molecular weight excluding hydrogens is 1350 g/mol. The fourth-order valence-corrected chi connectivity index (χ4v) is 10.6. The molecule has 5 N–H and O–H groups in total. The number of fused-ring (bicyclic) bond motifs is 8. The Balaban J connectivity index is 0.000000316. The summed E-state index contributed by atoms with van der Waals surface area (Å²) >= 11 is 4.40. The third-order valence-electron chi connectivity index (χ3n) is 15.3. The first-order valence-corrected chi connectivity index (χ1v) is 31.3. The molecule has 99 heavy (non-hydrogen) atoms. The standard InChI is InChI=1S/C35H34F6N2O5.C32H33F3N2O4.C3H2ClF3O.CH3F/c36-34(37,38)15-14-30(44)28-18-23-8-4-10-26(16-23)48-27-11-5-9-24(17-27)19-29(42-32(46)21-35(39,40)41)31(45)20-25(33(47)43-28)13-12-22-6-2-1-3-7-22;33-32(34,35)15-14-29(38)28-19-23-9-5-11-26(17-23)41-25-10-4-8-22(16-25)18-27(36)30(39)20-24(31(40)37-28)13-12-21-6-2-1-3-7-21;4-2(8)1-3(5,6)7;1-2/h1-11,16-17,25,28-29H,12-15,18-21H2,(H,42,46)(H,43,47);1-11,16-17,24,27-28H,12-15,18-20,36H2,(H,37,40);1H2;1H3/t25-,28+,29+;24-,27+,28+;;/m11../s1/i;;;1D. The largest absolute Gasteiger partial charge is 0.457 e. The molecule has 2 aliphatic heterocycles. The Hall–Kier alpha value is -8.98. The van der Waals surface area contributed by atoms with E-state index in [0.717, 1.165) is 16.7 Å². The second-order valence-electron chi connectivity index (χ2n) is 23.3. The van der Waals surface area contributed by atoms with E-state index >= 15 is 0 Å². The monoisotopic (exact) mass is 1420 g/mol. The second kappa shape index (κ2) is 38.4. The molecule has 534 valence electrons. The van der Waals surface area contributed by atoms with E-state index in [0.29, 0.717) is 59.0 Å². The van der Waals surface area contributed by atoms with Crippen molar-refractivity contribution in [3.8, 4) is 23.0 Å². The molecule has 0 saturated heterocycles. The smallest absolute Gasteiger partial charge is 0.397 e. The number of amides is 3. The molecule has 0 aliphatic carbocycles. The summed E-state index contributed by atoms with van der Waals surface area (Å²) in [5.74, 6) is -5.80.